The smallest absolute Gasteiger partial charge is 0.272 e. The number of nitrogens with zero attached hydrogens (tertiary/aromatic N) is 2. The molecule has 3 aromatic rings. The van der Waals surface area contributed by atoms with E-state index < -0.39 is 20.9 Å². The number of hydrogen-bond acceptors (Lipinski definition) is 5. The molecule has 32 heavy (non-hydrogen) atoms. The van der Waals surface area contributed by atoms with Crippen LogP contribution in [0.1, 0.15) is 27.9 Å². The fraction of sp³-hybridized carbons (Fsp3) is 0.174. The third-order valence-electron chi connectivity index (χ3n) is 5.42. The molecule has 164 valence electrons. The number of nitro benzene ring substituents is 1. The Kier molecular flexibility index (Phi) is 5.67. The van der Waals surface area contributed by atoms with Crippen LogP contribution in [0.15, 0.2) is 71.6 Å². The molecule has 9 heteroatoms. The Labute approximate surface area is 185 Å². The van der Waals surface area contributed by atoms with Crippen molar-refractivity contribution < 1.29 is 18.1 Å². The number of rotatable bonds is 5. The van der Waals surface area contributed by atoms with Gasteiger partial charge >= 0.3 is 0 Å². The number of nitrogens with one attached hydrogen (secondary N) is 1. The van der Waals surface area contributed by atoms with E-state index in [1.807, 2.05) is 24.3 Å². The van der Waals surface area contributed by atoms with E-state index in [0.29, 0.717) is 23.5 Å². The largest absolute Gasteiger partial charge is 0.322 e. The number of para-hydroxylation sites is 1. The average molecular weight is 452 g/mol. The summed E-state index contributed by atoms with van der Waals surface area (Å²) < 4.78 is 27.9. The molecule has 1 aliphatic rings. The van der Waals surface area contributed by atoms with Gasteiger partial charge in [0.2, 0.25) is 0 Å². The molecule has 1 aliphatic heterocycles. The van der Waals surface area contributed by atoms with E-state index in [-0.39, 0.29) is 16.1 Å². The Balaban J connectivity index is 1.53. The topological polar surface area (TPSA) is 110 Å². The highest BCUT2D eigenvalue weighted by atomic mass is 32.2. The number of hydrogen-bond donors (Lipinski definition) is 1. The lowest BCUT2D eigenvalue weighted by atomic mass is 10.0. The number of nitro groups is 1. The molecule has 4 rings (SSSR count). The Bertz CT molecular complexity index is 1300. The van der Waals surface area contributed by atoms with Gasteiger partial charge in [0.25, 0.3) is 21.6 Å². The minimum atomic E-state index is -3.73. The van der Waals surface area contributed by atoms with Crippen LogP contribution >= 0.6 is 0 Å². The van der Waals surface area contributed by atoms with Crippen LogP contribution in [0, 0.1) is 17.0 Å². The van der Waals surface area contributed by atoms with Crippen molar-refractivity contribution in [3.05, 3.63) is 93.5 Å². The second kappa shape index (κ2) is 8.43. The number of sulfonamides is 1. The molecule has 0 aliphatic carbocycles. The summed E-state index contributed by atoms with van der Waals surface area (Å²) in [5.41, 5.74) is 2.72. The average Bonchev–Trinajstić information content (AvgIpc) is 2.78. The molecular formula is C23H21N3O5S. The first-order valence-corrected chi connectivity index (χ1v) is 11.5. The monoisotopic (exact) mass is 451 g/mol. The molecule has 0 radical (unpaired) electrons. The Morgan fingerprint density at radius 1 is 1.06 bits per heavy atom. The van der Waals surface area contributed by atoms with Crippen molar-refractivity contribution in [2.45, 2.75) is 24.7 Å². The number of fused-ring (bicyclic) bond motifs is 1. The summed E-state index contributed by atoms with van der Waals surface area (Å²) >= 11 is 0. The van der Waals surface area contributed by atoms with Crippen LogP contribution < -0.4 is 9.62 Å². The summed E-state index contributed by atoms with van der Waals surface area (Å²) in [4.78, 5) is 23.1. The van der Waals surface area contributed by atoms with E-state index >= 15 is 0 Å². The molecular weight excluding hydrogens is 430 g/mol. The van der Waals surface area contributed by atoms with Gasteiger partial charge in [0.15, 0.2) is 0 Å². The van der Waals surface area contributed by atoms with E-state index in [1.54, 1.807) is 6.92 Å². The predicted octanol–water partition coefficient (Wildman–Crippen LogP) is 4.30. The summed E-state index contributed by atoms with van der Waals surface area (Å²) in [6.07, 6.45) is 1.59. The van der Waals surface area contributed by atoms with E-state index in [1.165, 1.54) is 46.8 Å². The van der Waals surface area contributed by atoms with Gasteiger partial charge < -0.3 is 5.32 Å². The molecule has 0 aromatic heterocycles. The molecule has 3 aromatic carbocycles. The second-order valence-corrected chi connectivity index (χ2v) is 9.41. The number of carbonyl (C=O) groups is 1. The lowest BCUT2D eigenvalue weighted by molar-refractivity contribution is -0.385. The molecule has 8 nitrogen and oxygen atoms in total. The van der Waals surface area contributed by atoms with Gasteiger partial charge in [-0.15, -0.1) is 0 Å². The van der Waals surface area contributed by atoms with Crippen LogP contribution in [-0.2, 0) is 16.4 Å². The fourth-order valence-electron chi connectivity index (χ4n) is 3.79. The molecule has 0 saturated heterocycles. The SMILES string of the molecule is Cc1cc(C(=O)Nc2ccc(S(=O)(=O)N3CCCc4ccccc43)cc2)ccc1[N+](=O)[O-]. The normalized spacial score (nSPS) is 13.3. The van der Waals surface area contributed by atoms with Crippen LogP contribution in [0.5, 0.6) is 0 Å². The first-order chi connectivity index (χ1) is 15.3. The number of carbonyl (C=O) groups excluding carboxylic acids is 1. The molecule has 0 unspecified atom stereocenters. The van der Waals surface area contributed by atoms with Crippen LogP contribution in [0.25, 0.3) is 0 Å². The van der Waals surface area contributed by atoms with Gasteiger partial charge in [-0.2, -0.15) is 0 Å². The van der Waals surface area contributed by atoms with Crippen LogP contribution in [0.2, 0.25) is 0 Å². The quantitative estimate of drug-likeness (QED) is 0.459. The van der Waals surface area contributed by atoms with Crippen molar-refractivity contribution in [3.63, 3.8) is 0 Å². The van der Waals surface area contributed by atoms with Crippen LogP contribution in [0.4, 0.5) is 17.1 Å². The Morgan fingerprint density at radius 3 is 2.47 bits per heavy atom. The van der Waals surface area contributed by atoms with Gasteiger partial charge in [0.1, 0.15) is 0 Å². The van der Waals surface area contributed by atoms with Crippen molar-refractivity contribution in [3.8, 4) is 0 Å². The second-order valence-electron chi connectivity index (χ2n) is 7.55. The van der Waals surface area contributed by atoms with E-state index in [9.17, 15) is 23.3 Å². The van der Waals surface area contributed by atoms with Crippen molar-refractivity contribution in [1.29, 1.82) is 0 Å². The van der Waals surface area contributed by atoms with E-state index in [0.717, 1.165) is 18.4 Å². The standard InChI is InChI=1S/C23H21N3O5S/c1-16-15-18(8-13-21(16)26(28)29)23(27)24-19-9-11-20(12-10-19)32(30,31)25-14-4-6-17-5-2-3-7-22(17)25/h2-3,5,7-13,15H,4,6,14H2,1H3,(H,24,27). The van der Waals surface area contributed by atoms with Gasteiger partial charge in [0.05, 0.1) is 15.5 Å². The lowest BCUT2D eigenvalue weighted by Crippen LogP contribution is -2.35. The van der Waals surface area contributed by atoms with Crippen molar-refractivity contribution >= 4 is 33.0 Å². The van der Waals surface area contributed by atoms with Crippen molar-refractivity contribution in [2.75, 3.05) is 16.2 Å². The molecule has 1 N–H and O–H groups in total. The highest BCUT2D eigenvalue weighted by Crippen LogP contribution is 2.32. The zero-order valence-electron chi connectivity index (χ0n) is 17.3. The molecule has 1 amide bonds. The maximum atomic E-state index is 13.2. The zero-order valence-corrected chi connectivity index (χ0v) is 18.1. The summed E-state index contributed by atoms with van der Waals surface area (Å²) in [5.74, 6) is -0.441. The molecule has 0 spiro atoms. The zero-order chi connectivity index (χ0) is 22.9. The number of aryl methyl sites for hydroxylation is 2. The van der Waals surface area contributed by atoms with Crippen molar-refractivity contribution in [1.82, 2.24) is 0 Å². The first kappa shape index (κ1) is 21.5. The molecule has 0 atom stereocenters. The molecule has 0 fully saturated rings. The van der Waals surface area contributed by atoms with Gasteiger partial charge in [-0.3, -0.25) is 19.2 Å². The highest BCUT2D eigenvalue weighted by Gasteiger charge is 2.28. The number of anilines is 2. The third kappa shape index (κ3) is 4.06. The van der Waals surface area contributed by atoms with Crippen LogP contribution in [0.3, 0.4) is 0 Å². The maximum Gasteiger partial charge on any atom is 0.272 e. The molecule has 1 heterocycles. The summed E-state index contributed by atoms with van der Waals surface area (Å²) in [6, 6.07) is 17.6. The van der Waals surface area contributed by atoms with Crippen molar-refractivity contribution in [2.24, 2.45) is 0 Å². The highest BCUT2D eigenvalue weighted by molar-refractivity contribution is 7.92. The number of amides is 1. The predicted molar refractivity (Wildman–Crippen MR) is 122 cm³/mol. The minimum Gasteiger partial charge on any atom is -0.322 e. The Morgan fingerprint density at radius 2 is 1.78 bits per heavy atom. The van der Waals surface area contributed by atoms with Gasteiger partial charge in [-0.1, -0.05) is 18.2 Å². The maximum absolute atomic E-state index is 13.2. The molecule has 0 bridgehead atoms. The third-order valence-corrected chi connectivity index (χ3v) is 7.25. The summed E-state index contributed by atoms with van der Waals surface area (Å²) in [6.45, 7) is 1.98. The lowest BCUT2D eigenvalue weighted by Gasteiger charge is -2.30. The van der Waals surface area contributed by atoms with E-state index in [2.05, 4.69) is 5.32 Å². The van der Waals surface area contributed by atoms with Gasteiger partial charge in [-0.05, 0) is 67.8 Å². The number of benzene rings is 3. The fourth-order valence-corrected chi connectivity index (χ4v) is 5.33. The van der Waals surface area contributed by atoms with E-state index in [4.69, 9.17) is 0 Å². The van der Waals surface area contributed by atoms with Gasteiger partial charge in [0, 0.05) is 29.4 Å². The Hall–Kier alpha value is -3.72. The minimum absolute atomic E-state index is 0.0598. The summed E-state index contributed by atoms with van der Waals surface area (Å²) in [7, 11) is -3.73. The summed E-state index contributed by atoms with van der Waals surface area (Å²) in [5, 5.41) is 13.6. The first-order valence-electron chi connectivity index (χ1n) is 10.0. The van der Waals surface area contributed by atoms with Crippen LogP contribution in [-0.4, -0.2) is 25.8 Å². The molecule has 0 saturated carbocycles. The van der Waals surface area contributed by atoms with Gasteiger partial charge in [-0.25, -0.2) is 8.42 Å².